The molecule has 0 aromatic heterocycles. The molecule has 0 aromatic carbocycles. The van der Waals surface area contributed by atoms with Gasteiger partial charge in [-0.1, -0.05) is 46.8 Å². The van der Waals surface area contributed by atoms with Crippen molar-refractivity contribution in [2.75, 3.05) is 13.2 Å². The first-order valence-electron chi connectivity index (χ1n) is 20.9. The predicted molar refractivity (Wildman–Crippen MR) is 213 cm³/mol. The average molecular weight is 811 g/mol. The lowest BCUT2D eigenvalue weighted by atomic mass is 9.32. The summed E-state index contributed by atoms with van der Waals surface area (Å²) < 4.78 is 17.9. The molecule has 0 aromatic rings. The summed E-state index contributed by atoms with van der Waals surface area (Å²) in [6.45, 7) is 24.4. The number of rotatable bonds is 6. The van der Waals surface area contributed by atoms with Gasteiger partial charge in [-0.2, -0.15) is 0 Å². The van der Waals surface area contributed by atoms with Crippen molar-refractivity contribution in [3.63, 3.8) is 0 Å². The third kappa shape index (κ3) is 10.1. The van der Waals surface area contributed by atoms with Crippen LogP contribution in [0.4, 0.5) is 0 Å². The number of hydrogen-bond donors (Lipinski definition) is 6. The molecule has 6 fully saturated rings. The lowest BCUT2D eigenvalue weighted by Crippen LogP contribution is -2.67. The zero-order valence-corrected chi connectivity index (χ0v) is 36.2. The van der Waals surface area contributed by atoms with Gasteiger partial charge in [-0.25, -0.2) is 0 Å². The van der Waals surface area contributed by atoms with Gasteiger partial charge >= 0.3 is 5.97 Å². The Morgan fingerprint density at radius 2 is 1.32 bits per heavy atom. The van der Waals surface area contributed by atoms with Crippen LogP contribution >= 0.6 is 0 Å². The summed E-state index contributed by atoms with van der Waals surface area (Å²) in [5, 5.41) is 53.1. The summed E-state index contributed by atoms with van der Waals surface area (Å²) in [5.41, 5.74) is 1.96. The fraction of sp³-hybridized carbons (Fsp3) is 0.864. The van der Waals surface area contributed by atoms with Crippen molar-refractivity contribution in [3.8, 4) is 0 Å². The molecular weight excluding hydrogens is 736 g/mol. The van der Waals surface area contributed by atoms with Gasteiger partial charge in [-0.15, -0.1) is 0 Å². The second kappa shape index (κ2) is 18.8. The monoisotopic (exact) mass is 811 g/mol. The van der Waals surface area contributed by atoms with E-state index in [1.165, 1.54) is 44.1 Å². The first-order chi connectivity index (χ1) is 26.2. The van der Waals surface area contributed by atoms with E-state index in [1.54, 1.807) is 6.92 Å². The smallest absolute Gasteiger partial charge is 0.302 e. The number of hydrogen-bond acceptors (Lipinski definition) is 10. The van der Waals surface area contributed by atoms with Gasteiger partial charge in [-0.3, -0.25) is 19.2 Å². The number of fused-ring (bicyclic) bond motifs is 7. The Bertz CT molecular complexity index is 1410. The molecule has 1 aliphatic heterocycles. The van der Waals surface area contributed by atoms with Crippen molar-refractivity contribution >= 4 is 23.9 Å². The van der Waals surface area contributed by atoms with Crippen LogP contribution in [0.1, 0.15) is 140 Å². The van der Waals surface area contributed by atoms with E-state index in [4.69, 9.17) is 43.9 Å². The molecule has 0 bridgehead atoms. The molecule has 13 nitrogen and oxygen atoms in total. The van der Waals surface area contributed by atoms with Gasteiger partial charge in [0.1, 0.15) is 12.2 Å². The summed E-state index contributed by atoms with van der Waals surface area (Å²) in [6.07, 6.45) is 8.39. The summed E-state index contributed by atoms with van der Waals surface area (Å²) in [6, 6.07) is 0. The molecule has 57 heavy (non-hydrogen) atoms. The standard InChI is InChI=1S/C38H62O7.3C2H4O2/c1-22(2)24-11-16-38(21-43-23(3)40)18-17-36(7)25(32(24)38)9-10-29-35(6)14-13-30(34(4,5)28(35)12-15-37(29,36)8)44-26-19-31(41)45-27(20-39)33(26)42;3*1-2(3)4/h24-33,39,41-42H,1,9-21H2,2-8H3;3*1H3,(H,3,4)/t24-,25+,26+,27+,28-,29+,30?,31-,32+,33+,35-,36+,37+,38+;;;/m0.../s1. The Labute approximate surface area is 339 Å². The lowest BCUT2D eigenvalue weighted by molar-refractivity contribution is -0.283. The van der Waals surface area contributed by atoms with E-state index in [0.717, 1.165) is 46.5 Å². The number of aliphatic hydroxyl groups is 3. The van der Waals surface area contributed by atoms with Crippen LogP contribution in [-0.4, -0.2) is 98.4 Å². The molecule has 6 rings (SSSR count). The highest BCUT2D eigenvalue weighted by molar-refractivity contribution is 5.66. The van der Waals surface area contributed by atoms with Gasteiger partial charge in [-0.05, 0) is 122 Å². The number of aliphatic carboxylic acids is 3. The maximum Gasteiger partial charge on any atom is 0.302 e. The first-order valence-corrected chi connectivity index (χ1v) is 20.9. The third-order valence-corrected chi connectivity index (χ3v) is 15.8. The van der Waals surface area contributed by atoms with Gasteiger partial charge in [0.15, 0.2) is 6.29 Å². The zero-order valence-electron chi connectivity index (χ0n) is 36.2. The molecule has 1 unspecified atom stereocenters. The zero-order chi connectivity index (χ0) is 43.5. The lowest BCUT2D eigenvalue weighted by Gasteiger charge is -2.73. The predicted octanol–water partition coefficient (Wildman–Crippen LogP) is 6.69. The molecule has 1 saturated heterocycles. The quantitative estimate of drug-likeness (QED) is 0.122. The molecule has 6 N–H and O–H groups in total. The molecule has 6 aliphatic rings. The Morgan fingerprint density at radius 1 is 0.737 bits per heavy atom. The fourth-order valence-corrected chi connectivity index (χ4v) is 13.4. The fourth-order valence-electron chi connectivity index (χ4n) is 13.4. The van der Waals surface area contributed by atoms with Gasteiger partial charge in [0.05, 0.1) is 25.4 Å². The minimum Gasteiger partial charge on any atom is -0.481 e. The van der Waals surface area contributed by atoms with Gasteiger partial charge in [0, 0.05) is 39.5 Å². The molecular formula is C44H74O13. The number of carboxylic acids is 3. The van der Waals surface area contributed by atoms with Crippen LogP contribution in [0.15, 0.2) is 12.2 Å². The summed E-state index contributed by atoms with van der Waals surface area (Å²) >= 11 is 0. The van der Waals surface area contributed by atoms with E-state index < -0.39 is 42.5 Å². The molecule has 0 radical (unpaired) electrons. The van der Waals surface area contributed by atoms with Crippen LogP contribution in [0, 0.1) is 56.7 Å². The minimum atomic E-state index is -1.04. The van der Waals surface area contributed by atoms with Crippen molar-refractivity contribution in [1.29, 1.82) is 0 Å². The normalized spacial score (nSPS) is 42.5. The molecule has 5 saturated carbocycles. The van der Waals surface area contributed by atoms with E-state index in [1.807, 2.05) is 0 Å². The van der Waals surface area contributed by atoms with Crippen molar-refractivity contribution in [1.82, 2.24) is 0 Å². The summed E-state index contributed by atoms with van der Waals surface area (Å²) in [7, 11) is 0. The van der Waals surface area contributed by atoms with Crippen molar-refractivity contribution < 1.29 is 64.0 Å². The Hall–Kier alpha value is -2.58. The molecule has 5 aliphatic carbocycles. The first kappa shape index (κ1) is 48.8. The van der Waals surface area contributed by atoms with Crippen LogP contribution in [0.25, 0.3) is 0 Å². The SMILES string of the molecule is C=C(C)[C@@H]1CC[C@]2(COC(C)=O)CC[C@]3(C)[C@H](CC[C@@H]4[C@@]5(C)CCC(O[C@@H]6C[C@@H](O)O[C@H](CO)[C@@H]6O)C(C)(C)[C@@H]5CC[C@]43C)[C@@H]12.CC(=O)O.CC(=O)O.CC(=O)O. The molecule has 14 atom stereocenters. The Morgan fingerprint density at radius 3 is 1.84 bits per heavy atom. The summed E-state index contributed by atoms with van der Waals surface area (Å²) in [4.78, 5) is 39.0. The van der Waals surface area contributed by atoms with Gasteiger partial charge < -0.3 is 44.8 Å². The number of carboxylic acid groups (broad SMARTS) is 3. The number of aliphatic hydroxyl groups excluding tert-OH is 3. The van der Waals surface area contributed by atoms with Crippen molar-refractivity contribution in [2.45, 2.75) is 171 Å². The highest BCUT2D eigenvalue weighted by Crippen LogP contribution is 2.77. The van der Waals surface area contributed by atoms with Gasteiger partial charge in [0.2, 0.25) is 0 Å². The number of ether oxygens (including phenoxy) is 3. The van der Waals surface area contributed by atoms with E-state index in [-0.39, 0.29) is 52.2 Å². The van der Waals surface area contributed by atoms with E-state index >= 15 is 0 Å². The molecule has 1 heterocycles. The summed E-state index contributed by atoms with van der Waals surface area (Å²) in [5.74, 6) is 0.120. The number of carbonyl (C=O) groups is 4. The topological polar surface area (TPSA) is 217 Å². The van der Waals surface area contributed by atoms with E-state index in [9.17, 15) is 20.1 Å². The third-order valence-electron chi connectivity index (χ3n) is 15.8. The highest BCUT2D eigenvalue weighted by Gasteiger charge is 2.71. The maximum atomic E-state index is 12.0. The van der Waals surface area contributed by atoms with Crippen LogP contribution < -0.4 is 0 Å². The van der Waals surface area contributed by atoms with Crippen molar-refractivity contribution in [3.05, 3.63) is 12.2 Å². The van der Waals surface area contributed by atoms with Crippen LogP contribution in [0.3, 0.4) is 0 Å². The van der Waals surface area contributed by atoms with E-state index in [0.29, 0.717) is 36.2 Å². The largest absolute Gasteiger partial charge is 0.481 e. The molecule has 0 amide bonds. The minimum absolute atomic E-state index is 0.0254. The van der Waals surface area contributed by atoms with Crippen LogP contribution in [-0.2, 0) is 33.4 Å². The average Bonchev–Trinajstić information content (AvgIpc) is 3.46. The van der Waals surface area contributed by atoms with Crippen LogP contribution in [0.5, 0.6) is 0 Å². The molecule has 13 heteroatoms. The molecule has 0 spiro atoms. The molecule has 328 valence electrons. The highest BCUT2D eigenvalue weighted by atomic mass is 16.6. The van der Waals surface area contributed by atoms with Crippen LogP contribution in [0.2, 0.25) is 0 Å². The Kier molecular flexibility index (Phi) is 16.1. The number of esters is 1. The number of carbonyl (C=O) groups excluding carboxylic acids is 1. The second-order valence-electron chi connectivity index (χ2n) is 19.4. The Balaban J connectivity index is 0.000000640. The number of allylic oxidation sites excluding steroid dienone is 1. The van der Waals surface area contributed by atoms with Crippen molar-refractivity contribution in [2.24, 2.45) is 56.7 Å². The second-order valence-corrected chi connectivity index (χ2v) is 19.4. The van der Waals surface area contributed by atoms with Gasteiger partial charge in [0.25, 0.3) is 17.9 Å². The maximum absolute atomic E-state index is 12.0. The van der Waals surface area contributed by atoms with E-state index in [2.05, 4.69) is 48.1 Å².